The number of hydrogen-bond donors (Lipinski definition) is 1. The first kappa shape index (κ1) is 20.1. The molecule has 0 aliphatic carbocycles. The van der Waals surface area contributed by atoms with Crippen molar-refractivity contribution >= 4 is 0 Å². The van der Waals surface area contributed by atoms with Crippen molar-refractivity contribution < 1.29 is 4.74 Å². The van der Waals surface area contributed by atoms with Gasteiger partial charge in [-0.15, -0.1) is 0 Å². The Balaban J connectivity index is 1.73. The maximum atomic E-state index is 6.12. The summed E-state index contributed by atoms with van der Waals surface area (Å²) in [5.74, 6) is 0.561. The molecular formula is C25H35NO. The van der Waals surface area contributed by atoms with Crippen LogP contribution >= 0.6 is 0 Å². The van der Waals surface area contributed by atoms with Crippen molar-refractivity contribution in [3.8, 4) is 0 Å². The lowest BCUT2D eigenvalue weighted by Gasteiger charge is -2.43. The third kappa shape index (κ3) is 5.00. The molecule has 2 nitrogen and oxygen atoms in total. The Labute approximate surface area is 165 Å². The Kier molecular flexibility index (Phi) is 6.73. The molecule has 1 fully saturated rings. The largest absolute Gasteiger partial charge is 0.378 e. The Bertz CT molecular complexity index is 694. The number of ether oxygens (including phenoxy) is 1. The molecule has 0 saturated carbocycles. The first-order valence-corrected chi connectivity index (χ1v) is 10.5. The van der Waals surface area contributed by atoms with E-state index in [4.69, 9.17) is 4.74 Å². The predicted molar refractivity (Wildman–Crippen MR) is 114 cm³/mol. The molecule has 0 unspecified atom stereocenters. The van der Waals surface area contributed by atoms with Gasteiger partial charge in [0.2, 0.25) is 0 Å². The molecule has 3 atom stereocenters. The normalized spacial score (nSPS) is 24.1. The molecule has 3 rings (SSSR count). The van der Waals surface area contributed by atoms with Crippen LogP contribution in [0.5, 0.6) is 0 Å². The Morgan fingerprint density at radius 1 is 1.04 bits per heavy atom. The van der Waals surface area contributed by atoms with Gasteiger partial charge in [0, 0.05) is 18.1 Å². The molecule has 1 aliphatic rings. The second kappa shape index (κ2) is 9.03. The summed E-state index contributed by atoms with van der Waals surface area (Å²) in [6.07, 6.45) is 3.74. The summed E-state index contributed by atoms with van der Waals surface area (Å²) in [6.45, 7) is 10.9. The van der Waals surface area contributed by atoms with Crippen molar-refractivity contribution in [1.82, 2.24) is 5.32 Å². The zero-order valence-corrected chi connectivity index (χ0v) is 17.4. The van der Waals surface area contributed by atoms with Gasteiger partial charge in [-0.2, -0.15) is 0 Å². The summed E-state index contributed by atoms with van der Waals surface area (Å²) in [4.78, 5) is 0. The van der Waals surface area contributed by atoms with Gasteiger partial charge in [0.25, 0.3) is 0 Å². The van der Waals surface area contributed by atoms with Crippen LogP contribution in [-0.4, -0.2) is 19.3 Å². The lowest BCUT2D eigenvalue weighted by atomic mass is 9.68. The number of rotatable bonds is 7. The lowest BCUT2D eigenvalue weighted by molar-refractivity contribution is -0.0470. The highest BCUT2D eigenvalue weighted by Crippen LogP contribution is 2.41. The molecule has 27 heavy (non-hydrogen) atoms. The third-order valence-electron chi connectivity index (χ3n) is 6.27. The standard InChI is InChI=1S/C25H35NO/c1-19(2)24-18-25(15-17-27-24,23-12-10-20(3)11-13-23)14-16-26-21(4)22-8-6-5-7-9-22/h5-13,19,21,24,26H,14-18H2,1-4H3/t21-,24+,25+/m1/s1. The Hall–Kier alpha value is -1.64. The van der Waals surface area contributed by atoms with Crippen LogP contribution in [0, 0.1) is 12.8 Å². The van der Waals surface area contributed by atoms with Gasteiger partial charge < -0.3 is 10.1 Å². The second-order valence-electron chi connectivity index (χ2n) is 8.59. The maximum Gasteiger partial charge on any atom is 0.0606 e. The van der Waals surface area contributed by atoms with Crippen LogP contribution < -0.4 is 5.32 Å². The summed E-state index contributed by atoms with van der Waals surface area (Å²) in [5.41, 5.74) is 4.38. The second-order valence-corrected chi connectivity index (χ2v) is 8.59. The molecule has 0 radical (unpaired) electrons. The predicted octanol–water partition coefficient (Wildman–Crippen LogP) is 5.81. The van der Waals surface area contributed by atoms with E-state index in [-0.39, 0.29) is 5.41 Å². The van der Waals surface area contributed by atoms with E-state index in [2.05, 4.69) is 87.6 Å². The molecular weight excluding hydrogens is 330 g/mol. The highest BCUT2D eigenvalue weighted by molar-refractivity contribution is 5.30. The SMILES string of the molecule is Cc1ccc([C@@]2(CCN[C@H](C)c3ccccc3)CCO[C@H](C(C)C)C2)cc1. The van der Waals surface area contributed by atoms with Crippen molar-refractivity contribution in [3.63, 3.8) is 0 Å². The van der Waals surface area contributed by atoms with E-state index >= 15 is 0 Å². The maximum absolute atomic E-state index is 6.12. The summed E-state index contributed by atoms with van der Waals surface area (Å²) < 4.78 is 6.12. The topological polar surface area (TPSA) is 21.3 Å². The summed E-state index contributed by atoms with van der Waals surface area (Å²) in [6, 6.07) is 20.3. The van der Waals surface area contributed by atoms with Crippen molar-refractivity contribution in [2.75, 3.05) is 13.2 Å². The van der Waals surface area contributed by atoms with Gasteiger partial charge >= 0.3 is 0 Å². The van der Waals surface area contributed by atoms with Crippen LogP contribution in [0.4, 0.5) is 0 Å². The fourth-order valence-electron chi connectivity index (χ4n) is 4.31. The molecule has 1 heterocycles. The molecule has 2 aromatic rings. The fourth-order valence-corrected chi connectivity index (χ4v) is 4.31. The van der Waals surface area contributed by atoms with Crippen LogP contribution in [0.1, 0.15) is 62.8 Å². The van der Waals surface area contributed by atoms with Crippen LogP contribution in [0.3, 0.4) is 0 Å². The highest BCUT2D eigenvalue weighted by atomic mass is 16.5. The Morgan fingerprint density at radius 3 is 2.41 bits per heavy atom. The molecule has 1 N–H and O–H groups in total. The van der Waals surface area contributed by atoms with E-state index in [0.717, 1.165) is 32.4 Å². The van der Waals surface area contributed by atoms with Gasteiger partial charge in [0.1, 0.15) is 0 Å². The van der Waals surface area contributed by atoms with Crippen molar-refractivity contribution in [3.05, 3.63) is 71.3 Å². The zero-order valence-electron chi connectivity index (χ0n) is 17.4. The zero-order chi connectivity index (χ0) is 19.3. The molecule has 2 aromatic carbocycles. The Morgan fingerprint density at radius 2 is 1.74 bits per heavy atom. The number of benzene rings is 2. The average molecular weight is 366 g/mol. The molecule has 0 amide bonds. The molecule has 0 bridgehead atoms. The first-order chi connectivity index (χ1) is 13.0. The van der Waals surface area contributed by atoms with Gasteiger partial charge in [-0.25, -0.2) is 0 Å². The van der Waals surface area contributed by atoms with Crippen molar-refractivity contribution in [2.45, 2.75) is 64.5 Å². The monoisotopic (exact) mass is 365 g/mol. The van der Waals surface area contributed by atoms with E-state index in [9.17, 15) is 0 Å². The van der Waals surface area contributed by atoms with Crippen molar-refractivity contribution in [2.24, 2.45) is 5.92 Å². The van der Waals surface area contributed by atoms with Gasteiger partial charge in [0.15, 0.2) is 0 Å². The minimum Gasteiger partial charge on any atom is -0.378 e. The van der Waals surface area contributed by atoms with Gasteiger partial charge in [-0.3, -0.25) is 0 Å². The highest BCUT2D eigenvalue weighted by Gasteiger charge is 2.39. The minimum atomic E-state index is 0.213. The average Bonchev–Trinajstić information content (AvgIpc) is 2.69. The number of aryl methyl sites for hydroxylation is 1. The fraction of sp³-hybridized carbons (Fsp3) is 0.520. The van der Waals surface area contributed by atoms with Gasteiger partial charge in [-0.1, -0.05) is 74.0 Å². The van der Waals surface area contributed by atoms with Gasteiger partial charge in [-0.05, 0) is 56.7 Å². The van der Waals surface area contributed by atoms with Crippen LogP contribution in [0.25, 0.3) is 0 Å². The van der Waals surface area contributed by atoms with Crippen LogP contribution in [0.15, 0.2) is 54.6 Å². The summed E-state index contributed by atoms with van der Waals surface area (Å²) in [5, 5.41) is 3.76. The first-order valence-electron chi connectivity index (χ1n) is 10.5. The number of hydrogen-bond acceptors (Lipinski definition) is 2. The van der Waals surface area contributed by atoms with Crippen LogP contribution in [0.2, 0.25) is 0 Å². The van der Waals surface area contributed by atoms with E-state index in [1.54, 1.807) is 0 Å². The molecule has 0 aromatic heterocycles. The van der Waals surface area contributed by atoms with E-state index in [0.29, 0.717) is 18.1 Å². The molecule has 1 saturated heterocycles. The molecule has 0 spiro atoms. The molecule has 2 heteroatoms. The quantitative estimate of drug-likeness (QED) is 0.668. The summed E-state index contributed by atoms with van der Waals surface area (Å²) >= 11 is 0. The third-order valence-corrected chi connectivity index (χ3v) is 6.27. The lowest BCUT2D eigenvalue weighted by Crippen LogP contribution is -2.42. The smallest absolute Gasteiger partial charge is 0.0606 e. The molecule has 146 valence electrons. The minimum absolute atomic E-state index is 0.213. The van der Waals surface area contributed by atoms with E-state index < -0.39 is 0 Å². The van der Waals surface area contributed by atoms with Crippen LogP contribution in [-0.2, 0) is 10.2 Å². The molecule has 1 aliphatic heterocycles. The van der Waals surface area contributed by atoms with E-state index in [1.807, 2.05) is 0 Å². The van der Waals surface area contributed by atoms with Crippen molar-refractivity contribution in [1.29, 1.82) is 0 Å². The van der Waals surface area contributed by atoms with Gasteiger partial charge in [0.05, 0.1) is 6.10 Å². The van der Waals surface area contributed by atoms with E-state index in [1.165, 1.54) is 16.7 Å². The number of nitrogens with one attached hydrogen (secondary N) is 1. The summed E-state index contributed by atoms with van der Waals surface area (Å²) in [7, 11) is 0.